The molecule has 0 aliphatic rings. The largest absolute Gasteiger partial charge is 0.336 e. The molecule has 4 nitrogen and oxygen atoms in total. The van der Waals surface area contributed by atoms with Crippen LogP contribution in [0.2, 0.25) is 0 Å². The van der Waals surface area contributed by atoms with Crippen LogP contribution in [0.5, 0.6) is 0 Å². The summed E-state index contributed by atoms with van der Waals surface area (Å²) in [5.74, 6) is -0.239. The van der Waals surface area contributed by atoms with Crippen LogP contribution in [0.25, 0.3) is 0 Å². The smallest absolute Gasteiger partial charge is 0.218 e. The molecule has 1 N–H and O–H groups in total. The quantitative estimate of drug-likeness (QED) is 0.722. The van der Waals surface area contributed by atoms with Crippen LogP contribution < -0.4 is 5.32 Å². The summed E-state index contributed by atoms with van der Waals surface area (Å²) in [6, 6.07) is 6.53. The Balaban J connectivity index is 2.80. The van der Waals surface area contributed by atoms with Gasteiger partial charge in [0, 0.05) is 13.1 Å². The van der Waals surface area contributed by atoms with Gasteiger partial charge in [0.1, 0.15) is 0 Å². The van der Waals surface area contributed by atoms with Crippen molar-refractivity contribution < 1.29 is 4.79 Å². The summed E-state index contributed by atoms with van der Waals surface area (Å²) >= 11 is 0. The minimum absolute atomic E-state index is 0.239. The molecule has 66 valence electrons. The Morgan fingerprint density at radius 1 is 1.69 bits per heavy atom. The Morgan fingerprint density at radius 2 is 2.46 bits per heavy atom. The van der Waals surface area contributed by atoms with Crippen molar-refractivity contribution in [3.8, 4) is 6.07 Å². The van der Waals surface area contributed by atoms with Crippen LogP contribution in [0.1, 0.15) is 18.7 Å². The minimum atomic E-state index is -0.654. The summed E-state index contributed by atoms with van der Waals surface area (Å²) in [4.78, 5) is 14.7. The van der Waals surface area contributed by atoms with Gasteiger partial charge >= 0.3 is 0 Å². The molecule has 0 fully saturated rings. The molecule has 0 spiro atoms. The first-order chi connectivity index (χ1) is 6.24. The van der Waals surface area contributed by atoms with Gasteiger partial charge < -0.3 is 5.32 Å². The van der Waals surface area contributed by atoms with Crippen LogP contribution in [-0.4, -0.2) is 10.9 Å². The molecule has 0 saturated heterocycles. The van der Waals surface area contributed by atoms with Crippen molar-refractivity contribution in [3.63, 3.8) is 0 Å². The van der Waals surface area contributed by atoms with Gasteiger partial charge in [0.25, 0.3) is 0 Å². The number of carbonyl (C=O) groups excluding carboxylic acids is 1. The maximum atomic E-state index is 10.7. The highest BCUT2D eigenvalue weighted by molar-refractivity contribution is 5.73. The van der Waals surface area contributed by atoms with Crippen LogP contribution in [0.15, 0.2) is 24.4 Å². The van der Waals surface area contributed by atoms with E-state index in [-0.39, 0.29) is 5.91 Å². The zero-order valence-electron chi connectivity index (χ0n) is 7.19. The van der Waals surface area contributed by atoms with E-state index in [2.05, 4.69) is 10.3 Å². The van der Waals surface area contributed by atoms with Crippen molar-refractivity contribution in [1.82, 2.24) is 10.3 Å². The van der Waals surface area contributed by atoms with E-state index >= 15 is 0 Å². The monoisotopic (exact) mass is 175 g/mol. The lowest BCUT2D eigenvalue weighted by Gasteiger charge is -2.07. The van der Waals surface area contributed by atoms with E-state index in [0.717, 1.165) is 0 Å². The Kier molecular flexibility index (Phi) is 2.98. The van der Waals surface area contributed by atoms with Gasteiger partial charge in [0.15, 0.2) is 6.04 Å². The van der Waals surface area contributed by atoms with E-state index in [1.54, 1.807) is 24.4 Å². The van der Waals surface area contributed by atoms with E-state index in [1.807, 2.05) is 6.07 Å². The Morgan fingerprint density at radius 3 is 2.92 bits per heavy atom. The van der Waals surface area contributed by atoms with Crippen LogP contribution in [-0.2, 0) is 4.79 Å². The van der Waals surface area contributed by atoms with E-state index in [4.69, 9.17) is 5.26 Å². The predicted octanol–water partition coefficient (Wildman–Crippen LogP) is 0.782. The third-order valence-electron chi connectivity index (χ3n) is 1.46. The van der Waals surface area contributed by atoms with Crippen LogP contribution in [0.3, 0.4) is 0 Å². The third-order valence-corrected chi connectivity index (χ3v) is 1.46. The zero-order chi connectivity index (χ0) is 9.68. The van der Waals surface area contributed by atoms with E-state index in [0.29, 0.717) is 5.69 Å². The summed E-state index contributed by atoms with van der Waals surface area (Å²) in [5, 5.41) is 11.2. The van der Waals surface area contributed by atoms with Crippen molar-refractivity contribution in [2.75, 3.05) is 0 Å². The number of nitriles is 1. The van der Waals surface area contributed by atoms with Gasteiger partial charge in [-0.2, -0.15) is 5.26 Å². The predicted molar refractivity (Wildman–Crippen MR) is 46.4 cm³/mol. The lowest BCUT2D eigenvalue weighted by Crippen LogP contribution is -2.25. The lowest BCUT2D eigenvalue weighted by atomic mass is 10.2. The molecule has 1 unspecified atom stereocenters. The molecule has 1 aromatic heterocycles. The molecule has 1 aromatic rings. The molecular weight excluding hydrogens is 166 g/mol. The topological polar surface area (TPSA) is 65.8 Å². The fourth-order valence-electron chi connectivity index (χ4n) is 0.922. The molecule has 0 aromatic carbocycles. The number of hydrogen-bond acceptors (Lipinski definition) is 3. The summed E-state index contributed by atoms with van der Waals surface area (Å²) in [5.41, 5.74) is 0.556. The van der Waals surface area contributed by atoms with Crippen LogP contribution in [0, 0.1) is 11.3 Å². The number of nitrogens with one attached hydrogen (secondary N) is 1. The van der Waals surface area contributed by atoms with Gasteiger partial charge in [-0.15, -0.1) is 0 Å². The molecule has 1 atom stereocenters. The number of carbonyl (C=O) groups is 1. The normalized spacial score (nSPS) is 11.4. The molecule has 0 aliphatic heterocycles. The molecule has 13 heavy (non-hydrogen) atoms. The van der Waals surface area contributed by atoms with Gasteiger partial charge in [-0.25, -0.2) is 0 Å². The van der Waals surface area contributed by atoms with Gasteiger partial charge in [-0.05, 0) is 12.1 Å². The zero-order valence-corrected chi connectivity index (χ0v) is 7.19. The van der Waals surface area contributed by atoms with Crippen molar-refractivity contribution in [2.24, 2.45) is 0 Å². The first-order valence-electron chi connectivity index (χ1n) is 3.81. The standard InChI is InChI=1S/C9H9N3O/c1-7(13)12-9(6-10)8-4-2-3-5-11-8/h2-5,9H,1H3,(H,12,13). The second-order valence-electron chi connectivity index (χ2n) is 2.52. The number of aromatic nitrogens is 1. The SMILES string of the molecule is CC(=O)NC(C#N)c1ccccn1. The highest BCUT2D eigenvalue weighted by atomic mass is 16.1. The first-order valence-corrected chi connectivity index (χ1v) is 3.81. The summed E-state index contributed by atoms with van der Waals surface area (Å²) in [6.07, 6.45) is 1.58. The van der Waals surface area contributed by atoms with E-state index in [9.17, 15) is 4.79 Å². The van der Waals surface area contributed by atoms with Crippen LogP contribution >= 0.6 is 0 Å². The van der Waals surface area contributed by atoms with E-state index in [1.165, 1.54) is 6.92 Å². The van der Waals surface area contributed by atoms with Gasteiger partial charge in [-0.3, -0.25) is 9.78 Å². The average Bonchev–Trinajstić information content (AvgIpc) is 2.15. The lowest BCUT2D eigenvalue weighted by molar-refractivity contribution is -0.119. The summed E-state index contributed by atoms with van der Waals surface area (Å²) in [7, 11) is 0. The number of pyridine rings is 1. The Hall–Kier alpha value is -1.89. The highest BCUT2D eigenvalue weighted by Crippen LogP contribution is 2.06. The molecule has 4 heteroatoms. The van der Waals surface area contributed by atoms with Crippen molar-refractivity contribution in [1.29, 1.82) is 5.26 Å². The molecule has 0 bridgehead atoms. The minimum Gasteiger partial charge on any atom is -0.336 e. The van der Waals surface area contributed by atoms with Gasteiger partial charge in [0.2, 0.25) is 5.91 Å². The Labute approximate surface area is 76.2 Å². The van der Waals surface area contributed by atoms with Crippen molar-refractivity contribution in [2.45, 2.75) is 13.0 Å². The summed E-state index contributed by atoms with van der Waals surface area (Å²) in [6.45, 7) is 1.37. The number of rotatable bonds is 2. The number of hydrogen-bond donors (Lipinski definition) is 1. The third kappa shape index (κ3) is 2.56. The van der Waals surface area contributed by atoms with Gasteiger partial charge in [-0.1, -0.05) is 6.07 Å². The molecule has 0 radical (unpaired) electrons. The maximum Gasteiger partial charge on any atom is 0.218 e. The molecule has 1 amide bonds. The molecule has 1 rings (SSSR count). The summed E-state index contributed by atoms with van der Waals surface area (Å²) < 4.78 is 0. The maximum absolute atomic E-state index is 10.7. The molecule has 0 aliphatic carbocycles. The average molecular weight is 175 g/mol. The van der Waals surface area contributed by atoms with Gasteiger partial charge in [0.05, 0.1) is 11.8 Å². The first kappa shape index (κ1) is 9.20. The molecular formula is C9H9N3O. The van der Waals surface area contributed by atoms with E-state index < -0.39 is 6.04 Å². The highest BCUT2D eigenvalue weighted by Gasteiger charge is 2.11. The fourth-order valence-corrected chi connectivity index (χ4v) is 0.922. The second-order valence-corrected chi connectivity index (χ2v) is 2.52. The van der Waals surface area contributed by atoms with Crippen LogP contribution in [0.4, 0.5) is 0 Å². The fraction of sp³-hybridized carbons (Fsp3) is 0.222. The molecule has 0 saturated carbocycles. The van der Waals surface area contributed by atoms with Crippen molar-refractivity contribution in [3.05, 3.63) is 30.1 Å². The number of amides is 1. The molecule has 1 heterocycles. The van der Waals surface area contributed by atoms with Crippen molar-refractivity contribution >= 4 is 5.91 Å². The number of nitrogens with zero attached hydrogens (tertiary/aromatic N) is 2. The Bertz CT molecular complexity index is 328. The second kappa shape index (κ2) is 4.21.